The number of carbonyl (C=O) groups excluding carboxylic acids is 1. The largest absolute Gasteiger partial charge is 0.497 e. The molecule has 0 aliphatic carbocycles. The molecule has 0 aliphatic rings. The van der Waals surface area contributed by atoms with E-state index in [1.165, 1.54) is 19.5 Å². The maximum Gasteiger partial charge on any atom is 0.416 e. The molecule has 3 rings (SSSR count). The number of hydrogen-bond acceptors (Lipinski definition) is 4. The summed E-state index contributed by atoms with van der Waals surface area (Å²) < 4.78 is 83.0. The Hall–Kier alpha value is -3.63. The van der Waals surface area contributed by atoms with Gasteiger partial charge in [0.15, 0.2) is 0 Å². The van der Waals surface area contributed by atoms with Gasteiger partial charge in [-0.1, -0.05) is 0 Å². The first kappa shape index (κ1) is 23.0. The Bertz CT molecular complexity index is 1080. The predicted molar refractivity (Wildman–Crippen MR) is 102 cm³/mol. The molecule has 168 valence electrons. The van der Waals surface area contributed by atoms with Crippen LogP contribution in [0.3, 0.4) is 0 Å². The lowest BCUT2D eigenvalue weighted by Crippen LogP contribution is -2.24. The number of methoxy groups -OCH3 is 1. The van der Waals surface area contributed by atoms with Crippen molar-refractivity contribution in [1.29, 1.82) is 0 Å². The SMILES string of the molecule is COc1ccc(-c2cc(CNC(=O)c3cc(C(F)(F)F)cc(C(F)(F)F)c3)ncn2)cc1. The van der Waals surface area contributed by atoms with Gasteiger partial charge in [-0.05, 0) is 48.5 Å². The Morgan fingerprint density at radius 1 is 0.906 bits per heavy atom. The molecule has 1 amide bonds. The van der Waals surface area contributed by atoms with Crippen molar-refractivity contribution in [3.8, 4) is 17.0 Å². The minimum Gasteiger partial charge on any atom is -0.497 e. The molecule has 0 radical (unpaired) electrons. The van der Waals surface area contributed by atoms with Crippen molar-refractivity contribution in [3.63, 3.8) is 0 Å². The van der Waals surface area contributed by atoms with Crippen molar-refractivity contribution >= 4 is 5.91 Å². The van der Waals surface area contributed by atoms with Crippen LogP contribution in [0.25, 0.3) is 11.3 Å². The van der Waals surface area contributed by atoms with Crippen LogP contribution in [-0.4, -0.2) is 23.0 Å². The predicted octanol–water partition coefficient (Wildman–Crippen LogP) is 5.12. The quantitative estimate of drug-likeness (QED) is 0.543. The van der Waals surface area contributed by atoms with Crippen molar-refractivity contribution in [3.05, 3.63) is 77.2 Å². The van der Waals surface area contributed by atoms with E-state index < -0.39 is 35.0 Å². The van der Waals surface area contributed by atoms with Crippen molar-refractivity contribution in [1.82, 2.24) is 15.3 Å². The van der Waals surface area contributed by atoms with Crippen LogP contribution in [0.5, 0.6) is 5.75 Å². The van der Waals surface area contributed by atoms with E-state index in [1.807, 2.05) is 0 Å². The Morgan fingerprint density at radius 3 is 2.03 bits per heavy atom. The number of halogens is 6. The van der Waals surface area contributed by atoms with E-state index in [2.05, 4.69) is 15.3 Å². The molecular weight excluding hydrogens is 440 g/mol. The number of carbonyl (C=O) groups is 1. The number of nitrogens with zero attached hydrogens (tertiary/aromatic N) is 2. The average molecular weight is 455 g/mol. The summed E-state index contributed by atoms with van der Waals surface area (Å²) in [5, 5.41) is 2.29. The van der Waals surface area contributed by atoms with Gasteiger partial charge in [0.25, 0.3) is 5.91 Å². The van der Waals surface area contributed by atoms with Gasteiger partial charge in [0.2, 0.25) is 0 Å². The minimum absolute atomic E-state index is 0.0394. The molecule has 0 fully saturated rings. The van der Waals surface area contributed by atoms with Gasteiger partial charge < -0.3 is 10.1 Å². The summed E-state index contributed by atoms with van der Waals surface area (Å²) in [6.45, 7) is -0.234. The number of alkyl halides is 6. The Labute approximate surface area is 178 Å². The minimum atomic E-state index is -5.05. The summed E-state index contributed by atoms with van der Waals surface area (Å²) in [7, 11) is 1.52. The Balaban J connectivity index is 1.80. The first-order valence-electron chi connectivity index (χ1n) is 9.00. The first-order chi connectivity index (χ1) is 15.0. The molecule has 1 heterocycles. The summed E-state index contributed by atoms with van der Waals surface area (Å²) in [4.78, 5) is 20.4. The molecule has 32 heavy (non-hydrogen) atoms. The zero-order valence-electron chi connectivity index (χ0n) is 16.4. The van der Waals surface area contributed by atoms with Crippen LogP contribution in [0.1, 0.15) is 27.2 Å². The van der Waals surface area contributed by atoms with Gasteiger partial charge in [0.05, 0.1) is 36.2 Å². The van der Waals surface area contributed by atoms with Crippen LogP contribution in [0.2, 0.25) is 0 Å². The van der Waals surface area contributed by atoms with Crippen LogP contribution in [0.4, 0.5) is 26.3 Å². The highest BCUT2D eigenvalue weighted by molar-refractivity contribution is 5.94. The standard InChI is InChI=1S/C21H15F6N3O2/c1-32-17-4-2-12(3-5-17)18-9-16(29-11-30-18)10-28-19(31)13-6-14(20(22,23)24)8-15(7-13)21(25,26)27/h2-9,11H,10H2,1H3,(H,28,31). The number of rotatable bonds is 5. The van der Waals surface area contributed by atoms with Gasteiger partial charge in [0.1, 0.15) is 12.1 Å². The van der Waals surface area contributed by atoms with Crippen LogP contribution >= 0.6 is 0 Å². The van der Waals surface area contributed by atoms with E-state index in [-0.39, 0.29) is 12.6 Å². The van der Waals surface area contributed by atoms with E-state index in [4.69, 9.17) is 4.74 Å². The van der Waals surface area contributed by atoms with Crippen LogP contribution in [0.15, 0.2) is 54.9 Å². The first-order valence-corrected chi connectivity index (χ1v) is 9.00. The summed E-state index contributed by atoms with van der Waals surface area (Å²) >= 11 is 0. The molecule has 1 N–H and O–H groups in total. The topological polar surface area (TPSA) is 64.1 Å². The van der Waals surface area contributed by atoms with E-state index in [0.29, 0.717) is 34.8 Å². The van der Waals surface area contributed by atoms with Gasteiger partial charge in [0, 0.05) is 11.1 Å². The summed E-state index contributed by atoms with van der Waals surface area (Å²) in [5.74, 6) is -0.471. The van der Waals surface area contributed by atoms with E-state index >= 15 is 0 Å². The maximum atomic E-state index is 13.0. The third-order valence-electron chi connectivity index (χ3n) is 4.39. The molecule has 0 unspecified atom stereocenters. The lowest BCUT2D eigenvalue weighted by molar-refractivity contribution is -0.143. The molecule has 5 nitrogen and oxygen atoms in total. The number of amides is 1. The van der Waals surface area contributed by atoms with Gasteiger partial charge in [-0.3, -0.25) is 4.79 Å². The molecule has 0 saturated carbocycles. The molecule has 3 aromatic rings. The smallest absolute Gasteiger partial charge is 0.416 e. The summed E-state index contributed by atoms with van der Waals surface area (Å²) in [5.41, 5.74) is -2.37. The van der Waals surface area contributed by atoms with Crippen molar-refractivity contribution in [2.45, 2.75) is 18.9 Å². The van der Waals surface area contributed by atoms with Gasteiger partial charge in [-0.25, -0.2) is 9.97 Å². The molecule has 1 aromatic heterocycles. The number of aromatic nitrogens is 2. The van der Waals surface area contributed by atoms with Gasteiger partial charge in [-0.2, -0.15) is 26.3 Å². The fraction of sp³-hybridized carbons (Fsp3) is 0.190. The monoisotopic (exact) mass is 455 g/mol. The third-order valence-corrected chi connectivity index (χ3v) is 4.39. The second kappa shape index (κ2) is 8.85. The average Bonchev–Trinajstić information content (AvgIpc) is 2.76. The van der Waals surface area contributed by atoms with E-state index in [1.54, 1.807) is 24.3 Å². The Morgan fingerprint density at radius 2 is 1.50 bits per heavy atom. The van der Waals surface area contributed by atoms with Gasteiger partial charge in [-0.15, -0.1) is 0 Å². The fourth-order valence-corrected chi connectivity index (χ4v) is 2.77. The van der Waals surface area contributed by atoms with Crippen LogP contribution in [0, 0.1) is 0 Å². The highest BCUT2D eigenvalue weighted by Crippen LogP contribution is 2.36. The van der Waals surface area contributed by atoms with Crippen molar-refractivity contribution in [2.75, 3.05) is 7.11 Å². The van der Waals surface area contributed by atoms with E-state index in [9.17, 15) is 31.1 Å². The van der Waals surface area contributed by atoms with Crippen LogP contribution < -0.4 is 10.1 Å². The number of hydrogen-bond donors (Lipinski definition) is 1. The fourth-order valence-electron chi connectivity index (χ4n) is 2.77. The molecule has 0 atom stereocenters. The lowest BCUT2D eigenvalue weighted by Gasteiger charge is -2.14. The number of ether oxygens (including phenoxy) is 1. The lowest BCUT2D eigenvalue weighted by atomic mass is 10.0. The zero-order chi connectivity index (χ0) is 23.5. The normalized spacial score (nSPS) is 11.8. The maximum absolute atomic E-state index is 13.0. The number of benzene rings is 2. The van der Waals surface area contributed by atoms with Crippen LogP contribution in [-0.2, 0) is 18.9 Å². The molecular formula is C21H15F6N3O2. The summed E-state index contributed by atoms with van der Waals surface area (Å²) in [6, 6.07) is 9.14. The molecule has 11 heteroatoms. The summed E-state index contributed by atoms with van der Waals surface area (Å²) in [6.07, 6.45) is -8.86. The molecule has 0 spiro atoms. The third kappa shape index (κ3) is 5.54. The molecule has 2 aromatic carbocycles. The molecule has 0 aliphatic heterocycles. The van der Waals surface area contributed by atoms with Crippen molar-refractivity contribution < 1.29 is 35.9 Å². The molecule has 0 saturated heterocycles. The highest BCUT2D eigenvalue weighted by atomic mass is 19.4. The molecule has 0 bridgehead atoms. The van der Waals surface area contributed by atoms with Crippen molar-refractivity contribution in [2.24, 2.45) is 0 Å². The second-order valence-electron chi connectivity index (χ2n) is 6.60. The second-order valence-corrected chi connectivity index (χ2v) is 6.60. The number of nitrogens with one attached hydrogen (secondary N) is 1. The Kier molecular flexibility index (Phi) is 6.37. The highest BCUT2D eigenvalue weighted by Gasteiger charge is 2.37. The van der Waals surface area contributed by atoms with Gasteiger partial charge >= 0.3 is 12.4 Å². The zero-order valence-corrected chi connectivity index (χ0v) is 16.4. The van der Waals surface area contributed by atoms with E-state index in [0.717, 1.165) is 0 Å².